The van der Waals surface area contributed by atoms with Gasteiger partial charge in [0, 0.05) is 43.0 Å². The van der Waals surface area contributed by atoms with E-state index in [9.17, 15) is 14.9 Å². The zero-order valence-corrected chi connectivity index (χ0v) is 18.3. The first kappa shape index (κ1) is 20.4. The number of carbonyl (C=O) groups is 1. The van der Waals surface area contributed by atoms with E-state index in [2.05, 4.69) is 10.00 Å². The van der Waals surface area contributed by atoms with Crippen molar-refractivity contribution < 1.29 is 14.5 Å². The lowest BCUT2D eigenvalue weighted by atomic mass is 9.79. The van der Waals surface area contributed by atoms with E-state index >= 15 is 0 Å². The number of nitro groups is 1. The summed E-state index contributed by atoms with van der Waals surface area (Å²) in [7, 11) is 0. The SMILES string of the molecule is CCc1nn2c(C)cc(N3CCC4(CN(C(=O)OC(C)(C)C)C4)C3)cc2c1[N+](=O)[O-]. The average Bonchev–Trinajstić information content (AvgIpc) is 3.20. The van der Waals surface area contributed by atoms with Crippen LogP contribution in [0.1, 0.15) is 45.5 Å². The average molecular weight is 415 g/mol. The van der Waals surface area contributed by atoms with Gasteiger partial charge >= 0.3 is 11.8 Å². The number of rotatable bonds is 3. The fourth-order valence-corrected chi connectivity index (χ4v) is 4.58. The van der Waals surface area contributed by atoms with Crippen LogP contribution in [0.25, 0.3) is 5.52 Å². The van der Waals surface area contributed by atoms with Gasteiger partial charge < -0.3 is 14.5 Å². The van der Waals surface area contributed by atoms with Crippen molar-refractivity contribution in [3.8, 4) is 0 Å². The quantitative estimate of drug-likeness (QED) is 0.562. The molecular formula is C21H29N5O4. The van der Waals surface area contributed by atoms with Crippen LogP contribution in [0.15, 0.2) is 12.1 Å². The predicted molar refractivity (Wildman–Crippen MR) is 113 cm³/mol. The molecule has 0 N–H and O–H groups in total. The van der Waals surface area contributed by atoms with E-state index in [1.165, 1.54) is 0 Å². The molecule has 1 amide bonds. The molecule has 0 radical (unpaired) electrons. The zero-order valence-electron chi connectivity index (χ0n) is 18.3. The first-order chi connectivity index (χ1) is 14.0. The van der Waals surface area contributed by atoms with Crippen molar-refractivity contribution in [1.29, 1.82) is 0 Å². The van der Waals surface area contributed by atoms with Crippen molar-refractivity contribution in [3.05, 3.63) is 33.6 Å². The molecule has 0 aliphatic carbocycles. The van der Waals surface area contributed by atoms with E-state index in [0.717, 1.165) is 30.9 Å². The van der Waals surface area contributed by atoms with Crippen LogP contribution >= 0.6 is 0 Å². The summed E-state index contributed by atoms with van der Waals surface area (Å²) in [5.41, 5.74) is 2.55. The molecule has 4 rings (SSSR count). The van der Waals surface area contributed by atoms with Gasteiger partial charge in [0.25, 0.3) is 0 Å². The molecule has 0 bridgehead atoms. The monoisotopic (exact) mass is 415 g/mol. The standard InChI is InChI=1S/C21H29N5O4/c1-6-16-18(26(28)29)17-10-15(9-14(2)25(17)22-16)23-8-7-21(11-23)12-24(13-21)19(27)30-20(3,4)5/h9-10H,6-8,11-13H2,1-5H3. The van der Waals surface area contributed by atoms with E-state index in [1.807, 2.05) is 46.8 Å². The fraction of sp³-hybridized carbons (Fsp3) is 0.619. The number of amides is 1. The third-order valence-corrected chi connectivity index (χ3v) is 5.97. The third kappa shape index (κ3) is 3.46. The largest absolute Gasteiger partial charge is 0.444 e. The highest BCUT2D eigenvalue weighted by molar-refractivity contribution is 5.74. The summed E-state index contributed by atoms with van der Waals surface area (Å²) in [6, 6.07) is 3.91. The van der Waals surface area contributed by atoms with Crippen molar-refractivity contribution in [2.24, 2.45) is 5.41 Å². The smallest absolute Gasteiger partial charge is 0.410 e. The van der Waals surface area contributed by atoms with E-state index < -0.39 is 5.60 Å². The lowest BCUT2D eigenvalue weighted by Crippen LogP contribution is -2.60. The maximum atomic E-state index is 12.3. The summed E-state index contributed by atoms with van der Waals surface area (Å²) in [5, 5.41) is 16.1. The number of nitrogens with zero attached hydrogens (tertiary/aromatic N) is 5. The molecule has 2 aliphatic heterocycles. The van der Waals surface area contributed by atoms with Crippen molar-refractivity contribution in [1.82, 2.24) is 14.5 Å². The van der Waals surface area contributed by atoms with Gasteiger partial charge in [-0.3, -0.25) is 10.1 Å². The zero-order chi connectivity index (χ0) is 21.8. The summed E-state index contributed by atoms with van der Waals surface area (Å²) in [6.45, 7) is 12.5. The Morgan fingerprint density at radius 1 is 1.30 bits per heavy atom. The summed E-state index contributed by atoms with van der Waals surface area (Å²) in [4.78, 5) is 27.6. The molecule has 0 saturated carbocycles. The number of ether oxygens (including phenoxy) is 1. The molecule has 2 aliphatic rings. The van der Waals surface area contributed by atoms with Crippen LogP contribution in [-0.4, -0.2) is 57.3 Å². The van der Waals surface area contributed by atoms with Crippen LogP contribution in [0.5, 0.6) is 0 Å². The Balaban J connectivity index is 1.53. The highest BCUT2D eigenvalue weighted by Gasteiger charge is 2.50. The number of carbonyl (C=O) groups excluding carboxylic acids is 1. The Bertz CT molecular complexity index is 1020. The van der Waals surface area contributed by atoms with Gasteiger partial charge in [0.15, 0.2) is 0 Å². The van der Waals surface area contributed by atoms with Crippen LogP contribution in [0.4, 0.5) is 16.2 Å². The normalized spacial score (nSPS) is 18.2. The van der Waals surface area contributed by atoms with Crippen molar-refractivity contribution >= 4 is 23.0 Å². The fourth-order valence-electron chi connectivity index (χ4n) is 4.58. The minimum Gasteiger partial charge on any atom is -0.444 e. The molecule has 30 heavy (non-hydrogen) atoms. The molecule has 9 nitrogen and oxygen atoms in total. The molecule has 9 heteroatoms. The maximum absolute atomic E-state index is 12.3. The molecule has 1 spiro atoms. The van der Waals surface area contributed by atoms with Crippen molar-refractivity contribution in [3.63, 3.8) is 0 Å². The Kier molecular flexibility index (Phi) is 4.67. The van der Waals surface area contributed by atoms with Crippen molar-refractivity contribution in [2.75, 3.05) is 31.1 Å². The van der Waals surface area contributed by atoms with Crippen LogP contribution in [0.3, 0.4) is 0 Å². The lowest BCUT2D eigenvalue weighted by molar-refractivity contribution is -0.383. The van der Waals surface area contributed by atoms with Gasteiger partial charge in [-0.15, -0.1) is 0 Å². The molecule has 2 aromatic heterocycles. The topological polar surface area (TPSA) is 93.2 Å². The molecular weight excluding hydrogens is 386 g/mol. The Morgan fingerprint density at radius 3 is 2.60 bits per heavy atom. The molecule has 2 saturated heterocycles. The second-order valence-corrected chi connectivity index (χ2v) is 9.57. The summed E-state index contributed by atoms with van der Waals surface area (Å²) >= 11 is 0. The van der Waals surface area contributed by atoms with Gasteiger partial charge in [0.2, 0.25) is 0 Å². The minimum absolute atomic E-state index is 0.0672. The molecule has 0 unspecified atom stereocenters. The van der Waals surface area contributed by atoms with Gasteiger partial charge in [-0.2, -0.15) is 5.10 Å². The second-order valence-electron chi connectivity index (χ2n) is 9.57. The molecule has 4 heterocycles. The Morgan fingerprint density at radius 2 is 2.00 bits per heavy atom. The van der Waals surface area contributed by atoms with Crippen LogP contribution in [0.2, 0.25) is 0 Å². The number of pyridine rings is 1. The third-order valence-electron chi connectivity index (χ3n) is 5.97. The molecule has 162 valence electrons. The number of aromatic nitrogens is 2. The lowest BCUT2D eigenvalue weighted by Gasteiger charge is -2.47. The summed E-state index contributed by atoms with van der Waals surface area (Å²) in [5.74, 6) is 0. The summed E-state index contributed by atoms with van der Waals surface area (Å²) in [6.07, 6.45) is 1.24. The maximum Gasteiger partial charge on any atom is 0.410 e. The van der Waals surface area contributed by atoms with E-state index in [-0.39, 0.29) is 22.1 Å². The number of likely N-dealkylation sites (tertiary alicyclic amines) is 1. The number of hydrogen-bond donors (Lipinski definition) is 0. The van der Waals surface area contributed by atoms with E-state index in [4.69, 9.17) is 4.74 Å². The highest BCUT2D eigenvalue weighted by Crippen LogP contribution is 2.42. The summed E-state index contributed by atoms with van der Waals surface area (Å²) < 4.78 is 7.13. The van der Waals surface area contributed by atoms with Gasteiger partial charge in [0.05, 0.1) is 4.92 Å². The first-order valence-electron chi connectivity index (χ1n) is 10.4. The van der Waals surface area contributed by atoms with Gasteiger partial charge in [0.1, 0.15) is 16.8 Å². The van der Waals surface area contributed by atoms with Crippen LogP contribution in [-0.2, 0) is 11.2 Å². The molecule has 2 fully saturated rings. The molecule has 2 aromatic rings. The van der Waals surface area contributed by atoms with E-state index in [0.29, 0.717) is 30.7 Å². The Labute approximate surface area is 175 Å². The van der Waals surface area contributed by atoms with E-state index in [1.54, 1.807) is 9.42 Å². The first-order valence-corrected chi connectivity index (χ1v) is 10.4. The predicted octanol–water partition coefficient (Wildman–Crippen LogP) is 3.56. The van der Waals surface area contributed by atoms with Crippen LogP contribution in [0, 0.1) is 22.5 Å². The van der Waals surface area contributed by atoms with Gasteiger partial charge in [-0.05, 0) is 52.7 Å². The van der Waals surface area contributed by atoms with Gasteiger partial charge in [-0.25, -0.2) is 9.31 Å². The van der Waals surface area contributed by atoms with Crippen LogP contribution < -0.4 is 4.90 Å². The number of fused-ring (bicyclic) bond motifs is 1. The van der Waals surface area contributed by atoms with Crippen molar-refractivity contribution in [2.45, 2.75) is 53.1 Å². The number of aryl methyl sites for hydroxylation is 2. The highest BCUT2D eigenvalue weighted by atomic mass is 16.6. The number of anilines is 1. The molecule has 0 aromatic carbocycles. The van der Waals surface area contributed by atoms with Gasteiger partial charge in [-0.1, -0.05) is 6.92 Å². The minimum atomic E-state index is -0.494. The Hall–Kier alpha value is -2.84. The molecule has 0 atom stereocenters. The number of hydrogen-bond acceptors (Lipinski definition) is 6. The second kappa shape index (κ2) is 6.85.